The molecule has 0 aliphatic carbocycles. The number of methoxy groups -OCH3 is 1. The van der Waals surface area contributed by atoms with E-state index in [2.05, 4.69) is 87.4 Å². The van der Waals surface area contributed by atoms with Crippen molar-refractivity contribution in [2.75, 3.05) is 7.11 Å². The highest BCUT2D eigenvalue weighted by Crippen LogP contribution is 2.26. The second-order valence-corrected chi connectivity index (χ2v) is 8.02. The van der Waals surface area contributed by atoms with Crippen LogP contribution in [0.15, 0.2) is 48.5 Å². The van der Waals surface area contributed by atoms with Gasteiger partial charge < -0.3 is 14.3 Å². The molecule has 29 heavy (non-hydrogen) atoms. The van der Waals surface area contributed by atoms with Gasteiger partial charge in [-0.1, -0.05) is 0 Å². The number of hydrogen-bond donors (Lipinski definition) is 1. The number of allylic oxidation sites excluding steroid dienone is 1. The van der Waals surface area contributed by atoms with Crippen molar-refractivity contribution in [2.45, 2.75) is 13.8 Å². The minimum absolute atomic E-state index is 0.489. The van der Waals surface area contributed by atoms with Gasteiger partial charge in [-0.05, 0) is 90.5 Å². The van der Waals surface area contributed by atoms with Crippen LogP contribution in [0.5, 0.6) is 5.75 Å². The van der Waals surface area contributed by atoms with Gasteiger partial charge in [0.1, 0.15) is 17.6 Å². The lowest BCUT2D eigenvalue weighted by Crippen LogP contribution is -1.99. The zero-order chi connectivity index (χ0) is 20.5. The Morgan fingerprint density at radius 2 is 1.93 bits per heavy atom. The molecule has 0 atom stereocenters. The molecule has 2 heterocycles. The molecule has 144 valence electrons. The Morgan fingerprint density at radius 3 is 2.62 bits per heavy atom. The van der Waals surface area contributed by atoms with E-state index in [0.717, 1.165) is 39.4 Å². The normalized spacial score (nSPS) is 11.6. The summed E-state index contributed by atoms with van der Waals surface area (Å²) in [4.78, 5) is 7.80. The fourth-order valence-corrected chi connectivity index (χ4v) is 3.83. The topological polar surface area (TPSA) is 66.6 Å². The molecule has 0 spiro atoms. The van der Waals surface area contributed by atoms with Gasteiger partial charge in [-0.25, -0.2) is 4.98 Å². The number of hydrogen-bond acceptors (Lipinski definition) is 3. The smallest absolute Gasteiger partial charge is 0.149 e. The zero-order valence-electron chi connectivity index (χ0n) is 16.3. The predicted octanol–water partition coefficient (Wildman–Crippen LogP) is 5.65. The number of aromatic nitrogens is 3. The molecule has 0 aliphatic heterocycles. The molecule has 4 rings (SSSR count). The van der Waals surface area contributed by atoms with E-state index in [-0.39, 0.29) is 0 Å². The molecular formula is C23H19IN4O. The Morgan fingerprint density at radius 1 is 1.17 bits per heavy atom. The average Bonchev–Trinajstić information content (AvgIpc) is 3.26. The standard InChI is InChI=1S/C23H19IN4O/c1-14-10-16(15(2)28(14)19-6-4-18(24)5-7-19)11-17(13-25)23-26-21-9-8-20(29-3)12-22(21)27-23/h4-12H,1-3H3,(H,26,27)/b17-11+. The molecule has 0 unspecified atom stereocenters. The summed E-state index contributed by atoms with van der Waals surface area (Å²) in [5, 5.41) is 9.77. The molecule has 2 aromatic heterocycles. The van der Waals surface area contributed by atoms with Crippen molar-refractivity contribution in [3.63, 3.8) is 0 Å². The summed E-state index contributed by atoms with van der Waals surface area (Å²) in [6.45, 7) is 4.14. The third-order valence-electron chi connectivity index (χ3n) is 4.92. The third kappa shape index (κ3) is 3.66. The Labute approximate surface area is 182 Å². The van der Waals surface area contributed by atoms with E-state index in [1.165, 1.54) is 3.57 Å². The Bertz CT molecular complexity index is 1270. The maximum atomic E-state index is 9.77. The minimum atomic E-state index is 0.489. The number of H-pyrrole nitrogens is 1. The quantitative estimate of drug-likeness (QED) is 0.295. The second kappa shape index (κ2) is 7.76. The van der Waals surface area contributed by atoms with Crippen molar-refractivity contribution in [2.24, 2.45) is 0 Å². The van der Waals surface area contributed by atoms with E-state index in [0.29, 0.717) is 11.4 Å². The van der Waals surface area contributed by atoms with Gasteiger partial charge in [0.2, 0.25) is 0 Å². The van der Waals surface area contributed by atoms with Crippen LogP contribution in [0.3, 0.4) is 0 Å². The maximum absolute atomic E-state index is 9.77. The van der Waals surface area contributed by atoms with Crippen LogP contribution in [-0.2, 0) is 0 Å². The van der Waals surface area contributed by atoms with Gasteiger partial charge in [0.25, 0.3) is 0 Å². The Kier molecular flexibility index (Phi) is 5.16. The number of aryl methyl sites for hydroxylation is 1. The lowest BCUT2D eigenvalue weighted by molar-refractivity contribution is 0.415. The van der Waals surface area contributed by atoms with E-state index < -0.39 is 0 Å². The average molecular weight is 494 g/mol. The molecule has 1 N–H and O–H groups in total. The molecular weight excluding hydrogens is 475 g/mol. The number of nitrogens with zero attached hydrogens (tertiary/aromatic N) is 3. The molecule has 0 aliphatic rings. The van der Waals surface area contributed by atoms with Crippen molar-refractivity contribution in [3.8, 4) is 17.5 Å². The van der Waals surface area contributed by atoms with Crippen LogP contribution < -0.4 is 4.74 Å². The zero-order valence-corrected chi connectivity index (χ0v) is 18.5. The van der Waals surface area contributed by atoms with Crippen LogP contribution in [0.2, 0.25) is 0 Å². The summed E-state index contributed by atoms with van der Waals surface area (Å²) in [7, 11) is 1.63. The van der Waals surface area contributed by atoms with Crippen LogP contribution in [-0.4, -0.2) is 21.6 Å². The van der Waals surface area contributed by atoms with Crippen molar-refractivity contribution < 1.29 is 4.74 Å². The molecule has 6 heteroatoms. The van der Waals surface area contributed by atoms with E-state index in [1.54, 1.807) is 7.11 Å². The molecule has 0 radical (unpaired) electrons. The number of aromatic amines is 1. The number of nitrogens with one attached hydrogen (secondary N) is 1. The number of fused-ring (bicyclic) bond motifs is 1. The van der Waals surface area contributed by atoms with E-state index in [4.69, 9.17) is 4.74 Å². The third-order valence-corrected chi connectivity index (χ3v) is 5.64. The van der Waals surface area contributed by atoms with Crippen LogP contribution >= 0.6 is 22.6 Å². The summed E-state index contributed by atoms with van der Waals surface area (Å²) < 4.78 is 8.66. The van der Waals surface area contributed by atoms with Gasteiger partial charge >= 0.3 is 0 Å². The van der Waals surface area contributed by atoms with Gasteiger partial charge in [-0.3, -0.25) is 0 Å². The van der Waals surface area contributed by atoms with Gasteiger partial charge in [0, 0.05) is 26.7 Å². The molecule has 0 saturated carbocycles. The van der Waals surface area contributed by atoms with E-state index in [9.17, 15) is 5.26 Å². The monoisotopic (exact) mass is 494 g/mol. The Hall–Kier alpha value is -3.05. The highest BCUT2D eigenvalue weighted by Gasteiger charge is 2.13. The van der Waals surface area contributed by atoms with Crippen molar-refractivity contribution in [1.29, 1.82) is 5.26 Å². The van der Waals surface area contributed by atoms with Gasteiger partial charge in [-0.2, -0.15) is 5.26 Å². The SMILES string of the molecule is COc1ccc2nc(/C(C#N)=C/c3cc(C)n(-c4ccc(I)cc4)c3C)[nH]c2c1. The van der Waals surface area contributed by atoms with Crippen LogP contribution in [0.25, 0.3) is 28.4 Å². The molecule has 2 aromatic carbocycles. The highest BCUT2D eigenvalue weighted by atomic mass is 127. The highest BCUT2D eigenvalue weighted by molar-refractivity contribution is 14.1. The minimum Gasteiger partial charge on any atom is -0.497 e. The van der Waals surface area contributed by atoms with Gasteiger partial charge in [0.05, 0.1) is 23.7 Å². The molecule has 0 amide bonds. The summed E-state index contributed by atoms with van der Waals surface area (Å²) in [5.74, 6) is 1.30. The number of benzene rings is 2. The number of ether oxygens (including phenoxy) is 1. The van der Waals surface area contributed by atoms with Crippen LogP contribution in [0, 0.1) is 28.7 Å². The van der Waals surface area contributed by atoms with Crippen LogP contribution in [0.1, 0.15) is 22.8 Å². The van der Waals surface area contributed by atoms with Gasteiger partial charge in [-0.15, -0.1) is 0 Å². The number of nitriles is 1. The molecule has 5 nitrogen and oxygen atoms in total. The fraction of sp³-hybridized carbons (Fsp3) is 0.130. The summed E-state index contributed by atoms with van der Waals surface area (Å²) >= 11 is 2.30. The summed E-state index contributed by atoms with van der Waals surface area (Å²) in [5.41, 5.74) is 6.42. The first-order valence-electron chi connectivity index (χ1n) is 9.11. The van der Waals surface area contributed by atoms with E-state index >= 15 is 0 Å². The fourth-order valence-electron chi connectivity index (χ4n) is 3.47. The molecule has 4 aromatic rings. The van der Waals surface area contributed by atoms with Crippen molar-refractivity contribution in [1.82, 2.24) is 14.5 Å². The summed E-state index contributed by atoms with van der Waals surface area (Å²) in [6, 6.07) is 18.4. The lowest BCUT2D eigenvalue weighted by atomic mass is 10.1. The Balaban J connectivity index is 1.77. The maximum Gasteiger partial charge on any atom is 0.149 e. The lowest BCUT2D eigenvalue weighted by Gasteiger charge is -2.09. The van der Waals surface area contributed by atoms with Gasteiger partial charge in [0.15, 0.2) is 0 Å². The molecule has 0 fully saturated rings. The largest absolute Gasteiger partial charge is 0.497 e. The molecule has 0 saturated heterocycles. The van der Waals surface area contributed by atoms with Crippen LogP contribution in [0.4, 0.5) is 0 Å². The number of imidazole rings is 1. The first-order valence-corrected chi connectivity index (χ1v) is 10.2. The van der Waals surface area contributed by atoms with E-state index in [1.807, 2.05) is 24.3 Å². The summed E-state index contributed by atoms with van der Waals surface area (Å²) in [6.07, 6.45) is 1.89. The van der Waals surface area contributed by atoms with Crippen molar-refractivity contribution in [3.05, 3.63) is 74.9 Å². The first kappa shape index (κ1) is 19.3. The number of rotatable bonds is 4. The second-order valence-electron chi connectivity index (χ2n) is 6.78. The molecule has 0 bridgehead atoms. The first-order chi connectivity index (χ1) is 14.0. The van der Waals surface area contributed by atoms with Crippen molar-refractivity contribution >= 4 is 45.3 Å². The number of halogens is 1. The predicted molar refractivity (Wildman–Crippen MR) is 124 cm³/mol.